The zero-order valence-corrected chi connectivity index (χ0v) is 21.0. The Kier molecular flexibility index (Phi) is 7.02. The van der Waals surface area contributed by atoms with E-state index in [9.17, 15) is 0 Å². The van der Waals surface area contributed by atoms with E-state index >= 15 is 0 Å². The van der Waals surface area contributed by atoms with Crippen LogP contribution in [0.2, 0.25) is 0 Å². The van der Waals surface area contributed by atoms with Crippen LogP contribution in [0.5, 0.6) is 0 Å². The van der Waals surface area contributed by atoms with E-state index in [2.05, 4.69) is 86.6 Å². The summed E-state index contributed by atoms with van der Waals surface area (Å²) in [5.41, 5.74) is 6.03. The summed E-state index contributed by atoms with van der Waals surface area (Å²) < 4.78 is 1.19. The van der Waals surface area contributed by atoms with Gasteiger partial charge in [0.05, 0.1) is 13.1 Å². The third-order valence-corrected chi connectivity index (χ3v) is 7.26. The van der Waals surface area contributed by atoms with Gasteiger partial charge in [0.25, 0.3) is 0 Å². The highest BCUT2D eigenvalue weighted by Crippen LogP contribution is 2.44. The highest BCUT2D eigenvalue weighted by atomic mass is 79.9. The van der Waals surface area contributed by atoms with Crippen LogP contribution >= 0.6 is 0 Å². The Hall–Kier alpha value is -2.16. The molecule has 0 aromatic heterocycles. The molecule has 0 amide bonds. The van der Waals surface area contributed by atoms with Crippen LogP contribution < -0.4 is 17.0 Å². The van der Waals surface area contributed by atoms with Crippen molar-refractivity contribution in [3.05, 3.63) is 83.9 Å². The number of halogens is 1. The normalized spacial score (nSPS) is 14.4. The standard InChI is InChI=1S/C30H34N.BrH/c1-3-5-19-31(20-6-4-2)21-25-17-15-23-11-7-9-13-27(23)29(25)30-26(22-31)18-16-24-12-8-10-14-28(24)30;/h7-18H,3-6,19-22H2,1-2H3;1H/q+1;/p-1. The fraction of sp³-hybridized carbons (Fsp3) is 0.333. The van der Waals surface area contributed by atoms with E-state index in [-0.39, 0.29) is 17.0 Å². The summed E-state index contributed by atoms with van der Waals surface area (Å²) in [5, 5.41) is 5.51. The number of quaternary nitrogens is 1. The zero-order chi connectivity index (χ0) is 21.3. The number of nitrogens with zero attached hydrogens (tertiary/aromatic N) is 1. The molecule has 1 aliphatic rings. The summed E-state index contributed by atoms with van der Waals surface area (Å²) in [5.74, 6) is 0. The predicted molar refractivity (Wildman–Crippen MR) is 134 cm³/mol. The van der Waals surface area contributed by atoms with Crippen LogP contribution in [0.4, 0.5) is 0 Å². The lowest BCUT2D eigenvalue weighted by molar-refractivity contribution is -0.953. The van der Waals surface area contributed by atoms with Crippen LogP contribution in [0.3, 0.4) is 0 Å². The summed E-state index contributed by atoms with van der Waals surface area (Å²) in [6, 6.07) is 27.5. The molecule has 166 valence electrons. The molecule has 1 heterocycles. The van der Waals surface area contributed by atoms with Gasteiger partial charge in [-0.3, -0.25) is 0 Å². The van der Waals surface area contributed by atoms with Crippen LogP contribution in [0.1, 0.15) is 50.7 Å². The molecule has 2 heteroatoms. The summed E-state index contributed by atoms with van der Waals surface area (Å²) in [7, 11) is 0. The van der Waals surface area contributed by atoms with Crippen molar-refractivity contribution >= 4 is 21.5 Å². The van der Waals surface area contributed by atoms with Gasteiger partial charge in [-0.1, -0.05) is 99.5 Å². The zero-order valence-electron chi connectivity index (χ0n) is 19.4. The van der Waals surface area contributed by atoms with Crippen molar-refractivity contribution in [2.75, 3.05) is 13.1 Å². The van der Waals surface area contributed by atoms with Gasteiger partial charge in [0.2, 0.25) is 0 Å². The molecule has 0 unspecified atom stereocenters. The molecular formula is C30H34BrN. The lowest BCUT2D eigenvalue weighted by atomic mass is 9.88. The molecule has 1 nitrogen and oxygen atoms in total. The molecule has 0 radical (unpaired) electrons. The molecule has 0 bridgehead atoms. The maximum Gasteiger partial charge on any atom is 0.105 e. The topological polar surface area (TPSA) is 0 Å². The van der Waals surface area contributed by atoms with E-state index in [1.807, 2.05) is 0 Å². The maximum atomic E-state index is 2.43. The molecule has 4 aromatic rings. The molecule has 0 atom stereocenters. The molecule has 0 saturated heterocycles. The van der Waals surface area contributed by atoms with Gasteiger partial charge in [-0.15, -0.1) is 0 Å². The van der Waals surface area contributed by atoms with Crippen molar-refractivity contribution < 1.29 is 21.5 Å². The number of hydrogen-bond donors (Lipinski definition) is 0. The van der Waals surface area contributed by atoms with Crippen molar-refractivity contribution in [2.24, 2.45) is 0 Å². The van der Waals surface area contributed by atoms with Crippen LogP contribution in [0.15, 0.2) is 72.8 Å². The second kappa shape index (κ2) is 9.77. The van der Waals surface area contributed by atoms with E-state index in [0.717, 1.165) is 13.1 Å². The van der Waals surface area contributed by atoms with Crippen molar-refractivity contribution in [3.63, 3.8) is 0 Å². The first kappa shape index (κ1) is 23.0. The predicted octanol–water partition coefficient (Wildman–Crippen LogP) is 5.09. The minimum Gasteiger partial charge on any atom is -1.00 e. The molecule has 4 aromatic carbocycles. The fourth-order valence-corrected chi connectivity index (χ4v) is 5.68. The Balaban J connectivity index is 0.00000245. The minimum absolute atomic E-state index is 0. The smallest absolute Gasteiger partial charge is 0.105 e. The van der Waals surface area contributed by atoms with Crippen LogP contribution in [-0.4, -0.2) is 17.6 Å². The summed E-state index contributed by atoms with van der Waals surface area (Å²) in [4.78, 5) is 0. The van der Waals surface area contributed by atoms with Gasteiger partial charge in [0.1, 0.15) is 13.1 Å². The van der Waals surface area contributed by atoms with Crippen LogP contribution in [0.25, 0.3) is 32.7 Å². The highest BCUT2D eigenvalue weighted by molar-refractivity contribution is 6.07. The van der Waals surface area contributed by atoms with Crippen molar-refractivity contribution in [1.29, 1.82) is 0 Å². The molecule has 0 N–H and O–H groups in total. The third kappa shape index (κ3) is 4.11. The van der Waals surface area contributed by atoms with Gasteiger partial charge < -0.3 is 21.5 Å². The van der Waals surface area contributed by atoms with Gasteiger partial charge in [-0.05, 0) is 45.5 Å². The number of benzene rings is 4. The van der Waals surface area contributed by atoms with Crippen molar-refractivity contribution in [3.8, 4) is 11.1 Å². The first-order valence-electron chi connectivity index (χ1n) is 12.1. The van der Waals surface area contributed by atoms with Gasteiger partial charge in [0, 0.05) is 11.1 Å². The van der Waals surface area contributed by atoms with Crippen molar-refractivity contribution in [2.45, 2.75) is 52.6 Å². The molecule has 1 aliphatic heterocycles. The summed E-state index contributed by atoms with van der Waals surface area (Å²) in [6.45, 7) is 9.49. The second-order valence-electron chi connectivity index (χ2n) is 9.45. The van der Waals surface area contributed by atoms with E-state index in [0.29, 0.717) is 0 Å². The molecule has 0 saturated carbocycles. The van der Waals surface area contributed by atoms with Gasteiger partial charge in [-0.2, -0.15) is 0 Å². The quantitative estimate of drug-likeness (QED) is 0.332. The van der Waals surface area contributed by atoms with E-state index < -0.39 is 0 Å². The monoisotopic (exact) mass is 487 g/mol. The first-order chi connectivity index (χ1) is 15.2. The first-order valence-corrected chi connectivity index (χ1v) is 12.1. The van der Waals surface area contributed by atoms with Gasteiger partial charge >= 0.3 is 0 Å². The van der Waals surface area contributed by atoms with E-state index in [1.165, 1.54) is 87.1 Å². The molecule has 0 aliphatic carbocycles. The number of rotatable bonds is 6. The Morgan fingerprint density at radius 2 is 1.03 bits per heavy atom. The number of unbranched alkanes of at least 4 members (excludes halogenated alkanes) is 2. The fourth-order valence-electron chi connectivity index (χ4n) is 5.68. The highest BCUT2D eigenvalue weighted by Gasteiger charge is 2.34. The number of hydrogen-bond acceptors (Lipinski definition) is 0. The summed E-state index contributed by atoms with van der Waals surface area (Å²) >= 11 is 0. The SMILES string of the molecule is CCCC[N+]1(CCCC)Cc2ccc3ccccc3c2-c2c(ccc3ccccc23)C1.[Br-]. The van der Waals surface area contributed by atoms with Gasteiger partial charge in [0.15, 0.2) is 0 Å². The Bertz CT molecular complexity index is 1130. The Morgan fingerprint density at radius 1 is 0.594 bits per heavy atom. The van der Waals surface area contributed by atoms with Crippen LogP contribution in [-0.2, 0) is 13.1 Å². The lowest BCUT2D eigenvalue weighted by Crippen LogP contribution is -3.00. The molecule has 0 fully saturated rings. The summed E-state index contributed by atoms with van der Waals surface area (Å²) in [6.07, 6.45) is 5.13. The number of fused-ring (bicyclic) bond motifs is 7. The maximum absolute atomic E-state index is 2.43. The lowest BCUT2D eigenvalue weighted by Gasteiger charge is -2.38. The Morgan fingerprint density at radius 3 is 1.47 bits per heavy atom. The van der Waals surface area contributed by atoms with E-state index in [1.54, 1.807) is 0 Å². The largest absolute Gasteiger partial charge is 1.00 e. The molecular weight excluding hydrogens is 454 g/mol. The minimum atomic E-state index is 0. The third-order valence-electron chi connectivity index (χ3n) is 7.26. The van der Waals surface area contributed by atoms with Crippen LogP contribution in [0, 0.1) is 0 Å². The Labute approximate surface area is 203 Å². The van der Waals surface area contributed by atoms with Gasteiger partial charge in [-0.25, -0.2) is 0 Å². The molecule has 32 heavy (non-hydrogen) atoms. The van der Waals surface area contributed by atoms with Crippen molar-refractivity contribution in [1.82, 2.24) is 0 Å². The molecule has 0 spiro atoms. The van der Waals surface area contributed by atoms with E-state index in [4.69, 9.17) is 0 Å². The second-order valence-corrected chi connectivity index (χ2v) is 9.45. The average molecular weight is 489 g/mol. The average Bonchev–Trinajstić information content (AvgIpc) is 2.96. The molecule has 5 rings (SSSR count).